The average molecular weight is 347 g/mol. The molecule has 0 saturated heterocycles. The number of hydrogen-bond acceptors (Lipinski definition) is 5. The quantitative estimate of drug-likeness (QED) is 0.715. The molecule has 3 N–H and O–H groups in total. The topological polar surface area (TPSA) is 70.1 Å². The molecule has 0 fully saturated rings. The van der Waals surface area contributed by atoms with Gasteiger partial charge in [0, 0.05) is 17.1 Å². The van der Waals surface area contributed by atoms with Crippen molar-refractivity contribution in [2.75, 3.05) is 10.6 Å². The molecule has 0 aliphatic carbocycles. The van der Waals surface area contributed by atoms with Crippen molar-refractivity contribution in [3.05, 3.63) is 35.0 Å². The minimum absolute atomic E-state index is 0.118. The van der Waals surface area contributed by atoms with E-state index in [0.29, 0.717) is 5.02 Å². The number of anilines is 3. The van der Waals surface area contributed by atoms with Crippen molar-refractivity contribution in [3.8, 4) is 5.75 Å². The second kappa shape index (κ2) is 6.49. The van der Waals surface area contributed by atoms with E-state index in [9.17, 15) is 18.3 Å². The first kappa shape index (κ1) is 17.1. The third-order valence-corrected chi connectivity index (χ3v) is 2.89. The van der Waals surface area contributed by atoms with E-state index in [1.165, 1.54) is 18.2 Å². The van der Waals surface area contributed by atoms with Gasteiger partial charge < -0.3 is 15.7 Å². The number of phenols is 1. The van der Waals surface area contributed by atoms with Gasteiger partial charge in [0.2, 0.25) is 5.95 Å². The van der Waals surface area contributed by atoms with Crippen LogP contribution in [-0.4, -0.2) is 21.1 Å². The Labute approximate surface area is 135 Å². The molecule has 0 atom stereocenters. The largest absolute Gasteiger partial charge is 0.506 e. The summed E-state index contributed by atoms with van der Waals surface area (Å²) in [5.74, 6) is -0.452. The van der Waals surface area contributed by atoms with Crippen LogP contribution in [0.4, 0.5) is 30.6 Å². The van der Waals surface area contributed by atoms with Gasteiger partial charge in [0.25, 0.3) is 0 Å². The molecule has 0 saturated carbocycles. The molecule has 124 valence electrons. The summed E-state index contributed by atoms with van der Waals surface area (Å²) in [6.45, 7) is 3.50. The predicted octanol–water partition coefficient (Wildman–Crippen LogP) is 4.42. The van der Waals surface area contributed by atoms with Crippen LogP contribution in [0.2, 0.25) is 5.02 Å². The van der Waals surface area contributed by atoms with E-state index in [1.54, 1.807) is 13.8 Å². The average Bonchev–Trinajstić information content (AvgIpc) is 2.41. The summed E-state index contributed by atoms with van der Waals surface area (Å²) in [6.07, 6.45) is -4.62. The number of halogens is 4. The molecule has 1 aromatic heterocycles. The number of nitrogens with one attached hydrogen (secondary N) is 2. The molecule has 0 bridgehead atoms. The first-order valence-electron chi connectivity index (χ1n) is 6.63. The van der Waals surface area contributed by atoms with Gasteiger partial charge in [-0.3, -0.25) is 0 Å². The first-order valence-corrected chi connectivity index (χ1v) is 7.01. The summed E-state index contributed by atoms with van der Waals surface area (Å²) >= 11 is 5.81. The number of nitrogens with zero attached hydrogens (tertiary/aromatic N) is 2. The van der Waals surface area contributed by atoms with Gasteiger partial charge in [0.15, 0.2) is 5.69 Å². The second-order valence-electron chi connectivity index (χ2n) is 5.05. The van der Waals surface area contributed by atoms with Crippen LogP contribution in [0.25, 0.3) is 0 Å². The molecule has 0 aliphatic rings. The minimum atomic E-state index is -4.62. The highest BCUT2D eigenvalue weighted by atomic mass is 35.5. The molecular weight excluding hydrogens is 333 g/mol. The van der Waals surface area contributed by atoms with Crippen molar-refractivity contribution in [2.24, 2.45) is 0 Å². The zero-order chi connectivity index (χ0) is 17.2. The normalized spacial score (nSPS) is 11.6. The molecule has 5 nitrogen and oxygen atoms in total. The molecule has 1 aromatic carbocycles. The highest BCUT2D eigenvalue weighted by Crippen LogP contribution is 2.33. The Balaban J connectivity index is 2.42. The molecule has 1 heterocycles. The summed E-state index contributed by atoms with van der Waals surface area (Å²) < 4.78 is 38.9. The van der Waals surface area contributed by atoms with E-state index < -0.39 is 11.9 Å². The zero-order valence-corrected chi connectivity index (χ0v) is 13.0. The van der Waals surface area contributed by atoms with Crippen molar-refractivity contribution < 1.29 is 18.3 Å². The lowest BCUT2D eigenvalue weighted by atomic mass is 10.3. The van der Waals surface area contributed by atoms with E-state index in [0.717, 1.165) is 6.07 Å². The number of alkyl halides is 3. The van der Waals surface area contributed by atoms with E-state index in [4.69, 9.17) is 11.6 Å². The van der Waals surface area contributed by atoms with Crippen LogP contribution in [0.5, 0.6) is 5.75 Å². The minimum Gasteiger partial charge on any atom is -0.506 e. The molecule has 2 rings (SSSR count). The number of benzene rings is 1. The van der Waals surface area contributed by atoms with Crippen molar-refractivity contribution in [3.63, 3.8) is 0 Å². The Morgan fingerprint density at radius 1 is 1.17 bits per heavy atom. The number of hydrogen-bond donors (Lipinski definition) is 3. The maximum atomic E-state index is 13.0. The summed E-state index contributed by atoms with van der Waals surface area (Å²) in [5.41, 5.74) is -0.959. The smallest absolute Gasteiger partial charge is 0.433 e. The third kappa shape index (κ3) is 4.62. The molecule has 23 heavy (non-hydrogen) atoms. The molecular formula is C14H14ClF3N4O. The van der Waals surface area contributed by atoms with Crippen molar-refractivity contribution >= 4 is 29.1 Å². The SMILES string of the molecule is CC(C)Nc1nc(Nc2cc(Cl)ccc2O)cc(C(F)(F)F)n1. The van der Waals surface area contributed by atoms with Gasteiger partial charge in [-0.1, -0.05) is 11.6 Å². The Morgan fingerprint density at radius 2 is 1.87 bits per heavy atom. The van der Waals surface area contributed by atoms with Gasteiger partial charge in [-0.05, 0) is 32.0 Å². The highest BCUT2D eigenvalue weighted by Gasteiger charge is 2.34. The number of aromatic hydroxyl groups is 1. The van der Waals surface area contributed by atoms with E-state index in [-0.39, 0.29) is 29.2 Å². The van der Waals surface area contributed by atoms with E-state index >= 15 is 0 Å². The van der Waals surface area contributed by atoms with Gasteiger partial charge in [0.1, 0.15) is 11.6 Å². The van der Waals surface area contributed by atoms with Crippen molar-refractivity contribution in [1.29, 1.82) is 0 Å². The summed E-state index contributed by atoms with van der Waals surface area (Å²) in [7, 11) is 0. The molecule has 0 amide bonds. The monoisotopic (exact) mass is 346 g/mol. The number of aromatic nitrogens is 2. The fraction of sp³-hybridized carbons (Fsp3) is 0.286. The van der Waals surface area contributed by atoms with E-state index in [2.05, 4.69) is 20.6 Å². The number of phenolic OH excluding ortho intramolecular Hbond substituents is 1. The van der Waals surface area contributed by atoms with Gasteiger partial charge in [-0.15, -0.1) is 0 Å². The maximum absolute atomic E-state index is 13.0. The molecule has 2 aromatic rings. The Morgan fingerprint density at radius 3 is 2.48 bits per heavy atom. The Bertz CT molecular complexity index is 707. The Hall–Kier alpha value is -2.22. The maximum Gasteiger partial charge on any atom is 0.433 e. The first-order chi connectivity index (χ1) is 10.6. The Kier molecular flexibility index (Phi) is 4.84. The zero-order valence-electron chi connectivity index (χ0n) is 12.2. The summed E-state index contributed by atoms with van der Waals surface area (Å²) in [6, 6.07) is 4.76. The van der Waals surface area contributed by atoms with Gasteiger partial charge >= 0.3 is 6.18 Å². The summed E-state index contributed by atoms with van der Waals surface area (Å²) in [4.78, 5) is 7.42. The van der Waals surface area contributed by atoms with Gasteiger partial charge in [0.05, 0.1) is 5.69 Å². The van der Waals surface area contributed by atoms with Gasteiger partial charge in [-0.25, -0.2) is 4.98 Å². The second-order valence-corrected chi connectivity index (χ2v) is 5.48. The standard InChI is InChI=1S/C14H14ClF3N4O/c1-7(2)19-13-21-11(14(16,17)18)6-12(22-13)20-9-5-8(15)3-4-10(9)23/h3-7,23H,1-2H3,(H2,19,20,21,22). The van der Waals surface area contributed by atoms with Crippen molar-refractivity contribution in [2.45, 2.75) is 26.1 Å². The molecule has 0 spiro atoms. The van der Waals surface area contributed by atoms with Crippen molar-refractivity contribution in [1.82, 2.24) is 9.97 Å². The lowest BCUT2D eigenvalue weighted by Crippen LogP contribution is -2.17. The predicted molar refractivity (Wildman–Crippen MR) is 82.2 cm³/mol. The van der Waals surface area contributed by atoms with E-state index in [1.807, 2.05) is 0 Å². The number of rotatable bonds is 4. The molecule has 9 heteroatoms. The van der Waals surface area contributed by atoms with Crippen LogP contribution in [0.15, 0.2) is 24.3 Å². The van der Waals surface area contributed by atoms with Crippen LogP contribution in [-0.2, 0) is 6.18 Å². The fourth-order valence-corrected chi connectivity index (χ4v) is 1.90. The van der Waals surface area contributed by atoms with Crippen LogP contribution in [0.3, 0.4) is 0 Å². The van der Waals surface area contributed by atoms with Crippen LogP contribution >= 0.6 is 11.6 Å². The molecule has 0 unspecified atom stereocenters. The fourth-order valence-electron chi connectivity index (χ4n) is 1.73. The highest BCUT2D eigenvalue weighted by molar-refractivity contribution is 6.30. The lowest BCUT2D eigenvalue weighted by Gasteiger charge is -2.14. The van der Waals surface area contributed by atoms with Crippen LogP contribution < -0.4 is 10.6 Å². The third-order valence-electron chi connectivity index (χ3n) is 2.66. The summed E-state index contributed by atoms with van der Waals surface area (Å²) in [5, 5.41) is 15.4. The molecule has 0 aliphatic heterocycles. The van der Waals surface area contributed by atoms with Crippen LogP contribution in [0, 0.1) is 0 Å². The lowest BCUT2D eigenvalue weighted by molar-refractivity contribution is -0.141. The van der Waals surface area contributed by atoms with Crippen LogP contribution in [0.1, 0.15) is 19.5 Å². The molecule has 0 radical (unpaired) electrons. The van der Waals surface area contributed by atoms with Gasteiger partial charge in [-0.2, -0.15) is 18.2 Å².